The number of aliphatic imine (C=N–C) groups is 1. The number of aromatic nitrogens is 1. The van der Waals surface area contributed by atoms with Crippen LogP contribution in [0.2, 0.25) is 23.7 Å². The molecule has 1 aromatic rings. The van der Waals surface area contributed by atoms with Crippen molar-refractivity contribution < 1.29 is 32.2 Å². The summed E-state index contributed by atoms with van der Waals surface area (Å²) in [6.45, 7) is 23.4. The molecule has 4 unspecified atom stereocenters. The van der Waals surface area contributed by atoms with Crippen molar-refractivity contribution in [2.45, 2.75) is 135 Å². The molecule has 6 rings (SSSR count). The van der Waals surface area contributed by atoms with Gasteiger partial charge in [-0.25, -0.2) is 0 Å². The third-order valence-corrected chi connectivity index (χ3v) is 18.8. The molecular formula is C36H51F3N2O4Si. The Hall–Kier alpha value is -2.04. The Morgan fingerprint density at radius 3 is 2.28 bits per heavy atom. The lowest BCUT2D eigenvalue weighted by Crippen LogP contribution is -2.54. The summed E-state index contributed by atoms with van der Waals surface area (Å²) in [6, 6.07) is 2.38. The van der Waals surface area contributed by atoms with Gasteiger partial charge in [-0.15, -0.1) is 0 Å². The number of alkyl halides is 3. The maximum Gasteiger partial charge on any atom is 0.417 e. The first-order chi connectivity index (χ1) is 21.2. The molecule has 4 heterocycles. The largest absolute Gasteiger partial charge is 0.455 e. The number of nitrogens with zero attached hydrogens (tertiary/aromatic N) is 2. The fourth-order valence-electron chi connectivity index (χ4n) is 9.37. The van der Waals surface area contributed by atoms with Crippen molar-refractivity contribution in [1.29, 1.82) is 0 Å². The maximum absolute atomic E-state index is 13.6. The molecule has 254 valence electrons. The molecular weight excluding hydrogens is 609 g/mol. The monoisotopic (exact) mass is 660 g/mol. The quantitative estimate of drug-likeness (QED) is 0.239. The van der Waals surface area contributed by atoms with Crippen LogP contribution in [-0.2, 0) is 25.2 Å². The number of fused-ring (bicyclic) bond motifs is 4. The molecule has 1 aromatic heterocycles. The number of hydrogen-bond acceptors (Lipinski definition) is 6. The number of ether oxygens (including phenoxy) is 3. The lowest BCUT2D eigenvalue weighted by Gasteiger charge is -2.51. The third kappa shape index (κ3) is 5.15. The molecule has 0 N–H and O–H groups in total. The Labute approximate surface area is 273 Å². The number of carbonyl (C=O) groups excluding carboxylic acids is 1. The van der Waals surface area contributed by atoms with Crippen LogP contribution in [0.1, 0.15) is 98.4 Å². The van der Waals surface area contributed by atoms with Crippen LogP contribution in [0.5, 0.6) is 0 Å². The van der Waals surface area contributed by atoms with Gasteiger partial charge in [-0.3, -0.25) is 14.8 Å². The van der Waals surface area contributed by atoms with Crippen molar-refractivity contribution >= 4 is 19.8 Å². The fraction of sp³-hybridized carbons (Fsp3) is 0.750. The van der Waals surface area contributed by atoms with Crippen molar-refractivity contribution in [3.8, 4) is 0 Å². The van der Waals surface area contributed by atoms with Gasteiger partial charge in [0.25, 0.3) is 0 Å². The van der Waals surface area contributed by atoms with Gasteiger partial charge in [-0.05, 0) is 58.0 Å². The highest BCUT2D eigenvalue weighted by Crippen LogP contribution is 2.78. The van der Waals surface area contributed by atoms with Crippen LogP contribution in [0.15, 0.2) is 34.5 Å². The van der Waals surface area contributed by atoms with Crippen molar-refractivity contribution in [1.82, 2.24) is 4.98 Å². The Balaban J connectivity index is 1.62. The van der Waals surface area contributed by atoms with E-state index in [9.17, 15) is 18.0 Å². The van der Waals surface area contributed by atoms with Crippen molar-refractivity contribution in [3.05, 3.63) is 40.7 Å². The Bertz CT molecular complexity index is 1450. The van der Waals surface area contributed by atoms with Crippen molar-refractivity contribution in [3.63, 3.8) is 0 Å². The highest BCUT2D eigenvalue weighted by Gasteiger charge is 2.73. The molecule has 4 fully saturated rings. The highest BCUT2D eigenvalue weighted by molar-refractivity contribution is 6.82. The van der Waals surface area contributed by atoms with Crippen LogP contribution < -0.4 is 0 Å². The van der Waals surface area contributed by atoms with E-state index in [1.54, 1.807) is 0 Å². The van der Waals surface area contributed by atoms with E-state index >= 15 is 0 Å². The molecule has 5 aliphatic rings. The first-order valence-corrected chi connectivity index (χ1v) is 20.0. The zero-order chi connectivity index (χ0) is 33.8. The molecule has 2 saturated carbocycles. The molecule has 46 heavy (non-hydrogen) atoms. The van der Waals surface area contributed by atoms with E-state index in [1.165, 1.54) is 24.1 Å². The van der Waals surface area contributed by atoms with Crippen LogP contribution in [-0.4, -0.2) is 55.7 Å². The molecule has 0 bridgehead atoms. The Morgan fingerprint density at radius 1 is 1.11 bits per heavy atom. The molecule has 3 aliphatic heterocycles. The summed E-state index contributed by atoms with van der Waals surface area (Å²) >= 11 is 0. The van der Waals surface area contributed by atoms with E-state index in [4.69, 9.17) is 19.2 Å². The van der Waals surface area contributed by atoms with E-state index in [1.807, 2.05) is 0 Å². The SMILES string of the molecule is CC(=O)O[C@H]1C2=NC(C(C)C)C3C(=C2C2(CC2[Si](C)(C)C(C)(C)C)CC1(C)C)C1(CCOCC1)O[C@@H]3c1ccc(C(F)(F)F)cn1. The van der Waals surface area contributed by atoms with Gasteiger partial charge in [0.2, 0.25) is 0 Å². The summed E-state index contributed by atoms with van der Waals surface area (Å²) < 4.78 is 60.0. The number of hydrogen-bond donors (Lipinski definition) is 0. The minimum absolute atomic E-state index is 0.0962. The molecule has 0 aromatic carbocycles. The molecule has 10 heteroatoms. The van der Waals surface area contributed by atoms with Crippen molar-refractivity contribution in [2.24, 2.45) is 27.7 Å². The Kier molecular flexibility index (Phi) is 7.89. The number of pyridine rings is 1. The van der Waals surface area contributed by atoms with Gasteiger partial charge in [0.05, 0.1) is 36.7 Å². The second kappa shape index (κ2) is 10.7. The van der Waals surface area contributed by atoms with Gasteiger partial charge in [0, 0.05) is 50.5 Å². The first-order valence-electron chi connectivity index (χ1n) is 17.0. The molecule has 2 aliphatic carbocycles. The molecule has 2 spiro atoms. The van der Waals surface area contributed by atoms with E-state index in [0.717, 1.165) is 30.8 Å². The van der Waals surface area contributed by atoms with Crippen molar-refractivity contribution in [2.75, 3.05) is 13.2 Å². The number of esters is 1. The average Bonchev–Trinajstić information content (AvgIpc) is 3.58. The summed E-state index contributed by atoms with van der Waals surface area (Å²) in [5, 5.41) is 0.171. The summed E-state index contributed by atoms with van der Waals surface area (Å²) in [4.78, 5) is 22.6. The number of dihydropyridines is 1. The number of rotatable bonds is 4. The molecule has 6 atom stereocenters. The summed E-state index contributed by atoms with van der Waals surface area (Å²) in [5.74, 6) is -0.423. The normalized spacial score (nSPS) is 33.6. The summed E-state index contributed by atoms with van der Waals surface area (Å²) in [5.41, 5.74) is 2.47. The van der Waals surface area contributed by atoms with Crippen LogP contribution in [0.4, 0.5) is 13.2 Å². The smallest absolute Gasteiger partial charge is 0.417 e. The standard InChI is InChI=1S/C36H51F3N2O4Si/c1-20(2)28-25-26(35(13-15-43-16-14-35)45-30(25)23-12-11-22(18-40-23)36(37,38)39)27-29(41-28)31(44-21(3)42)33(7,8)19-34(27)17-24(34)46(9,10)32(4,5)6/h11-12,18,20,24-25,28,30-31H,13-17,19H2,1-10H3/t24?,25?,28?,30-,31+,34?/m1/s1. The lowest BCUT2D eigenvalue weighted by atomic mass is 9.59. The van der Waals surface area contributed by atoms with Gasteiger partial charge in [-0.2, -0.15) is 13.2 Å². The van der Waals surface area contributed by atoms with Crippen LogP contribution in [0, 0.1) is 22.7 Å². The molecule has 2 saturated heterocycles. The van der Waals surface area contributed by atoms with E-state index in [2.05, 4.69) is 66.5 Å². The van der Waals surface area contributed by atoms with Gasteiger partial charge in [0.1, 0.15) is 12.2 Å². The fourth-order valence-corrected chi connectivity index (χ4v) is 12.9. The number of carbonyl (C=O) groups is 1. The van der Waals surface area contributed by atoms with Gasteiger partial charge in [0.15, 0.2) is 0 Å². The van der Waals surface area contributed by atoms with Gasteiger partial charge < -0.3 is 14.2 Å². The predicted octanol–water partition coefficient (Wildman–Crippen LogP) is 8.74. The van der Waals surface area contributed by atoms with E-state index < -0.39 is 37.6 Å². The molecule has 6 nitrogen and oxygen atoms in total. The zero-order valence-corrected chi connectivity index (χ0v) is 30.1. The van der Waals surface area contributed by atoms with Gasteiger partial charge in [-0.1, -0.05) is 61.6 Å². The van der Waals surface area contributed by atoms with E-state index in [0.29, 0.717) is 37.3 Å². The minimum Gasteiger partial charge on any atom is -0.455 e. The van der Waals surface area contributed by atoms with Crippen LogP contribution in [0.25, 0.3) is 0 Å². The maximum atomic E-state index is 13.6. The average molecular weight is 661 g/mol. The van der Waals surface area contributed by atoms with E-state index in [-0.39, 0.29) is 39.7 Å². The zero-order valence-electron chi connectivity index (χ0n) is 29.1. The summed E-state index contributed by atoms with van der Waals surface area (Å²) in [7, 11) is -1.85. The molecule has 0 amide bonds. The third-order valence-electron chi connectivity index (χ3n) is 12.5. The van der Waals surface area contributed by atoms with Gasteiger partial charge >= 0.3 is 12.1 Å². The molecule has 0 radical (unpaired) electrons. The summed E-state index contributed by atoms with van der Waals surface area (Å²) in [6.07, 6.45) is -1.35. The topological polar surface area (TPSA) is 70.0 Å². The Morgan fingerprint density at radius 2 is 1.76 bits per heavy atom. The second-order valence-corrected chi connectivity index (χ2v) is 22.9. The van der Waals surface area contributed by atoms with Crippen LogP contribution in [0.3, 0.4) is 0 Å². The first kappa shape index (κ1) is 33.8. The predicted molar refractivity (Wildman–Crippen MR) is 174 cm³/mol. The van der Waals surface area contributed by atoms with Crippen LogP contribution >= 0.6 is 0 Å². The highest BCUT2D eigenvalue weighted by atomic mass is 28.3. The lowest BCUT2D eigenvalue weighted by molar-refractivity contribution is -0.148. The second-order valence-electron chi connectivity index (χ2n) is 17.2. The minimum atomic E-state index is -4.47. The number of halogens is 3.